The standard InChI is InChI=1S/C10H8ClNOS/c11-7-3-4-8(9(12)6-7)10-2-1-5-14(10)13/h1-6H,12H2. The van der Waals surface area contributed by atoms with Crippen molar-refractivity contribution in [3.63, 3.8) is 0 Å². The molecule has 1 atom stereocenters. The van der Waals surface area contributed by atoms with Gasteiger partial charge in [-0.1, -0.05) is 23.7 Å². The number of anilines is 1. The van der Waals surface area contributed by atoms with Gasteiger partial charge in [0, 0.05) is 21.7 Å². The Morgan fingerprint density at radius 1 is 1.36 bits per heavy atom. The number of nitrogen functional groups attached to an aromatic ring is 1. The van der Waals surface area contributed by atoms with E-state index in [0.717, 1.165) is 10.5 Å². The molecule has 0 bridgehead atoms. The minimum atomic E-state index is -1.07. The van der Waals surface area contributed by atoms with Gasteiger partial charge in [-0.25, -0.2) is 4.21 Å². The van der Waals surface area contributed by atoms with Crippen LogP contribution in [0.15, 0.2) is 35.8 Å². The Morgan fingerprint density at radius 2 is 2.14 bits per heavy atom. The molecule has 0 aromatic heterocycles. The number of hydrogen-bond acceptors (Lipinski definition) is 2. The van der Waals surface area contributed by atoms with Crippen LogP contribution in [0.25, 0.3) is 4.91 Å². The van der Waals surface area contributed by atoms with Gasteiger partial charge in [0.25, 0.3) is 0 Å². The number of rotatable bonds is 1. The van der Waals surface area contributed by atoms with Crippen LogP contribution in [0, 0.1) is 0 Å². The van der Waals surface area contributed by atoms with Crippen LogP contribution in [-0.2, 0) is 10.8 Å². The lowest BCUT2D eigenvalue weighted by molar-refractivity contribution is 0.694. The molecule has 0 spiro atoms. The van der Waals surface area contributed by atoms with E-state index in [4.69, 9.17) is 17.3 Å². The quantitative estimate of drug-likeness (QED) is 0.747. The van der Waals surface area contributed by atoms with E-state index in [-0.39, 0.29) is 0 Å². The molecule has 0 fully saturated rings. The Hall–Kier alpha value is -1.06. The van der Waals surface area contributed by atoms with Crippen molar-refractivity contribution in [3.05, 3.63) is 46.3 Å². The molecule has 14 heavy (non-hydrogen) atoms. The summed E-state index contributed by atoms with van der Waals surface area (Å²) in [6.07, 6.45) is 3.56. The maximum atomic E-state index is 11.5. The second-order valence-corrected chi connectivity index (χ2v) is 4.63. The second-order valence-electron chi connectivity index (χ2n) is 2.89. The third-order valence-electron chi connectivity index (χ3n) is 1.95. The zero-order valence-electron chi connectivity index (χ0n) is 7.24. The molecule has 2 N–H and O–H groups in total. The van der Waals surface area contributed by atoms with Crippen molar-refractivity contribution in [3.8, 4) is 0 Å². The van der Waals surface area contributed by atoms with Crippen LogP contribution in [0.3, 0.4) is 0 Å². The fourth-order valence-corrected chi connectivity index (χ4v) is 2.46. The fourth-order valence-electron chi connectivity index (χ4n) is 1.29. The summed E-state index contributed by atoms with van der Waals surface area (Å²) in [6.45, 7) is 0. The first-order chi connectivity index (χ1) is 6.68. The smallest absolute Gasteiger partial charge is 0.0782 e. The molecule has 2 nitrogen and oxygen atoms in total. The number of benzene rings is 1. The maximum Gasteiger partial charge on any atom is 0.0782 e. The highest BCUT2D eigenvalue weighted by Crippen LogP contribution is 2.29. The van der Waals surface area contributed by atoms with E-state index < -0.39 is 10.8 Å². The van der Waals surface area contributed by atoms with Gasteiger partial charge in [0.2, 0.25) is 0 Å². The summed E-state index contributed by atoms with van der Waals surface area (Å²) in [5.41, 5.74) is 7.12. The predicted octanol–water partition coefficient (Wildman–Crippen LogP) is 2.54. The van der Waals surface area contributed by atoms with Gasteiger partial charge < -0.3 is 5.73 Å². The van der Waals surface area contributed by atoms with E-state index in [9.17, 15) is 4.21 Å². The van der Waals surface area contributed by atoms with Gasteiger partial charge in [-0.05, 0) is 18.2 Å². The zero-order chi connectivity index (χ0) is 10.1. The highest BCUT2D eigenvalue weighted by atomic mass is 35.5. The lowest BCUT2D eigenvalue weighted by atomic mass is 10.1. The molecule has 1 unspecified atom stereocenters. The Balaban J connectivity index is 2.48. The van der Waals surface area contributed by atoms with Crippen LogP contribution >= 0.6 is 11.6 Å². The lowest BCUT2D eigenvalue weighted by Gasteiger charge is -2.05. The molecule has 1 aliphatic rings. The summed E-state index contributed by atoms with van der Waals surface area (Å²) < 4.78 is 11.5. The first-order valence-electron chi connectivity index (χ1n) is 4.03. The molecule has 0 radical (unpaired) electrons. The van der Waals surface area contributed by atoms with E-state index in [1.165, 1.54) is 0 Å². The molecule has 1 aromatic carbocycles. The van der Waals surface area contributed by atoms with Crippen LogP contribution in [-0.4, -0.2) is 4.21 Å². The van der Waals surface area contributed by atoms with Gasteiger partial charge in [0.1, 0.15) is 0 Å². The van der Waals surface area contributed by atoms with Crippen LogP contribution in [0.1, 0.15) is 5.56 Å². The number of allylic oxidation sites excluding steroid dienone is 2. The van der Waals surface area contributed by atoms with E-state index in [0.29, 0.717) is 10.7 Å². The van der Waals surface area contributed by atoms with Gasteiger partial charge >= 0.3 is 0 Å². The van der Waals surface area contributed by atoms with Crippen molar-refractivity contribution in [1.29, 1.82) is 0 Å². The Kier molecular flexibility index (Phi) is 2.44. The van der Waals surface area contributed by atoms with Crippen molar-refractivity contribution in [1.82, 2.24) is 0 Å². The minimum absolute atomic E-state index is 0.556. The van der Waals surface area contributed by atoms with E-state index in [1.54, 1.807) is 35.8 Å². The van der Waals surface area contributed by atoms with Gasteiger partial charge in [-0.3, -0.25) is 0 Å². The molecular formula is C10H8ClNOS. The first-order valence-corrected chi connectivity index (χ1v) is 5.62. The van der Waals surface area contributed by atoms with Crippen molar-refractivity contribution in [2.24, 2.45) is 0 Å². The van der Waals surface area contributed by atoms with Gasteiger partial charge in [0.05, 0.1) is 15.7 Å². The molecular weight excluding hydrogens is 218 g/mol. The average Bonchev–Trinajstić information content (AvgIpc) is 2.52. The SMILES string of the molecule is Nc1cc(Cl)ccc1C1=CC=CS1=O. The van der Waals surface area contributed by atoms with Crippen LogP contribution in [0.5, 0.6) is 0 Å². The van der Waals surface area contributed by atoms with Crippen molar-refractivity contribution in [2.75, 3.05) is 5.73 Å². The van der Waals surface area contributed by atoms with Gasteiger partial charge in [-0.2, -0.15) is 0 Å². The third-order valence-corrected chi connectivity index (χ3v) is 3.37. The van der Waals surface area contributed by atoms with Crippen LogP contribution < -0.4 is 5.73 Å². The lowest BCUT2D eigenvalue weighted by Crippen LogP contribution is -1.95. The topological polar surface area (TPSA) is 43.1 Å². The van der Waals surface area contributed by atoms with E-state index in [1.807, 2.05) is 0 Å². The van der Waals surface area contributed by atoms with Gasteiger partial charge in [-0.15, -0.1) is 0 Å². The molecule has 0 saturated carbocycles. The molecule has 2 rings (SSSR count). The highest BCUT2D eigenvalue weighted by molar-refractivity contribution is 7.97. The summed E-state index contributed by atoms with van der Waals surface area (Å²) in [6, 6.07) is 5.19. The van der Waals surface area contributed by atoms with E-state index >= 15 is 0 Å². The monoisotopic (exact) mass is 225 g/mol. The molecule has 72 valence electrons. The highest BCUT2D eigenvalue weighted by Gasteiger charge is 2.13. The van der Waals surface area contributed by atoms with Crippen LogP contribution in [0.4, 0.5) is 5.69 Å². The van der Waals surface area contributed by atoms with Gasteiger partial charge in [0.15, 0.2) is 0 Å². The Morgan fingerprint density at radius 3 is 2.71 bits per heavy atom. The largest absolute Gasteiger partial charge is 0.398 e. The molecule has 0 aliphatic carbocycles. The molecule has 0 saturated heterocycles. The molecule has 4 heteroatoms. The summed E-state index contributed by atoms with van der Waals surface area (Å²) >= 11 is 5.77. The summed E-state index contributed by atoms with van der Waals surface area (Å²) in [5.74, 6) is 0. The minimum Gasteiger partial charge on any atom is -0.398 e. The summed E-state index contributed by atoms with van der Waals surface area (Å²) in [7, 11) is -1.07. The fraction of sp³-hybridized carbons (Fsp3) is 0. The first kappa shape index (κ1) is 9.49. The summed E-state index contributed by atoms with van der Waals surface area (Å²) in [4.78, 5) is 0.735. The average molecular weight is 226 g/mol. The van der Waals surface area contributed by atoms with Crippen molar-refractivity contribution < 1.29 is 4.21 Å². The number of halogens is 1. The van der Waals surface area contributed by atoms with Crippen molar-refractivity contribution in [2.45, 2.75) is 0 Å². The van der Waals surface area contributed by atoms with Crippen LogP contribution in [0.2, 0.25) is 5.02 Å². The Bertz CT molecular complexity index is 465. The maximum absolute atomic E-state index is 11.5. The normalized spacial score (nSPS) is 19.8. The molecule has 1 aromatic rings. The predicted molar refractivity (Wildman–Crippen MR) is 61.1 cm³/mol. The number of nitrogens with two attached hydrogens (primary N) is 1. The molecule has 1 heterocycles. The second kappa shape index (κ2) is 3.59. The van der Waals surface area contributed by atoms with Crippen molar-refractivity contribution >= 4 is 33.0 Å². The zero-order valence-corrected chi connectivity index (χ0v) is 8.81. The summed E-state index contributed by atoms with van der Waals surface area (Å²) in [5, 5.41) is 2.22. The van der Waals surface area contributed by atoms with E-state index in [2.05, 4.69) is 0 Å². The third kappa shape index (κ3) is 1.61. The molecule has 1 aliphatic heterocycles. The number of hydrogen-bond donors (Lipinski definition) is 1. The Labute approximate surface area is 89.5 Å². The molecule has 0 amide bonds.